The lowest BCUT2D eigenvalue weighted by molar-refractivity contribution is -0.133. The minimum atomic E-state index is -0.191. The average Bonchev–Trinajstić information content (AvgIpc) is 2.55. The lowest BCUT2D eigenvalue weighted by Crippen LogP contribution is -2.36. The highest BCUT2D eigenvalue weighted by atomic mass is 16.5. The summed E-state index contributed by atoms with van der Waals surface area (Å²) in [5.41, 5.74) is 1.86. The number of carbonyl (C=O) groups is 2. The minimum absolute atomic E-state index is 0.0437. The zero-order chi connectivity index (χ0) is 15.9. The first-order valence-electron chi connectivity index (χ1n) is 7.56. The van der Waals surface area contributed by atoms with Crippen molar-refractivity contribution in [3.8, 4) is 0 Å². The molecule has 1 aromatic carbocycles. The predicted octanol–water partition coefficient (Wildman–Crippen LogP) is 1.33. The number of anilines is 2. The molecule has 120 valence electrons. The highest BCUT2D eigenvalue weighted by Gasteiger charge is 2.13. The SMILES string of the molecule is CCC(=O)N(C)CC(=O)Nc1ccc(N2CCOCC2)cc1. The average molecular weight is 305 g/mol. The van der Waals surface area contributed by atoms with Gasteiger partial charge in [0.25, 0.3) is 0 Å². The van der Waals surface area contributed by atoms with Crippen LogP contribution in [0.1, 0.15) is 13.3 Å². The Morgan fingerprint density at radius 1 is 1.23 bits per heavy atom. The number of hydrogen-bond donors (Lipinski definition) is 1. The first kappa shape index (κ1) is 16.3. The van der Waals surface area contributed by atoms with Gasteiger partial charge in [-0.2, -0.15) is 0 Å². The maximum atomic E-state index is 11.9. The number of amides is 2. The van der Waals surface area contributed by atoms with E-state index >= 15 is 0 Å². The quantitative estimate of drug-likeness (QED) is 0.891. The number of benzene rings is 1. The van der Waals surface area contributed by atoms with Crippen LogP contribution in [-0.4, -0.2) is 56.6 Å². The molecule has 1 aromatic rings. The van der Waals surface area contributed by atoms with Crippen LogP contribution in [-0.2, 0) is 14.3 Å². The zero-order valence-corrected chi connectivity index (χ0v) is 13.2. The highest BCUT2D eigenvalue weighted by Crippen LogP contribution is 2.18. The molecule has 0 unspecified atom stereocenters. The smallest absolute Gasteiger partial charge is 0.243 e. The van der Waals surface area contributed by atoms with Crippen LogP contribution in [0.2, 0.25) is 0 Å². The fourth-order valence-corrected chi connectivity index (χ4v) is 2.35. The molecule has 0 saturated carbocycles. The van der Waals surface area contributed by atoms with Gasteiger partial charge in [0.2, 0.25) is 11.8 Å². The molecule has 0 bridgehead atoms. The molecule has 1 fully saturated rings. The van der Waals surface area contributed by atoms with Crippen molar-refractivity contribution in [3.63, 3.8) is 0 Å². The number of hydrogen-bond acceptors (Lipinski definition) is 4. The molecule has 22 heavy (non-hydrogen) atoms. The topological polar surface area (TPSA) is 61.9 Å². The Morgan fingerprint density at radius 3 is 2.45 bits per heavy atom. The largest absolute Gasteiger partial charge is 0.378 e. The van der Waals surface area contributed by atoms with Crippen molar-refractivity contribution in [3.05, 3.63) is 24.3 Å². The van der Waals surface area contributed by atoms with Gasteiger partial charge in [-0.05, 0) is 24.3 Å². The monoisotopic (exact) mass is 305 g/mol. The molecule has 1 N–H and O–H groups in total. The van der Waals surface area contributed by atoms with Crippen LogP contribution < -0.4 is 10.2 Å². The summed E-state index contributed by atoms with van der Waals surface area (Å²) in [6, 6.07) is 7.73. The highest BCUT2D eigenvalue weighted by molar-refractivity contribution is 5.94. The molecule has 1 saturated heterocycles. The molecule has 0 spiro atoms. The van der Waals surface area contributed by atoms with Gasteiger partial charge >= 0.3 is 0 Å². The Labute approximate surface area is 131 Å². The van der Waals surface area contributed by atoms with Gasteiger partial charge in [0.1, 0.15) is 0 Å². The van der Waals surface area contributed by atoms with Crippen LogP contribution >= 0.6 is 0 Å². The molecule has 6 heteroatoms. The maximum Gasteiger partial charge on any atom is 0.243 e. The van der Waals surface area contributed by atoms with E-state index in [2.05, 4.69) is 10.2 Å². The fourth-order valence-electron chi connectivity index (χ4n) is 2.35. The third-order valence-corrected chi connectivity index (χ3v) is 3.64. The summed E-state index contributed by atoms with van der Waals surface area (Å²) in [5.74, 6) is -0.235. The van der Waals surface area contributed by atoms with Crippen LogP contribution in [0.4, 0.5) is 11.4 Å². The van der Waals surface area contributed by atoms with Crippen molar-refractivity contribution >= 4 is 23.2 Å². The van der Waals surface area contributed by atoms with Gasteiger partial charge in [-0.25, -0.2) is 0 Å². The number of morpholine rings is 1. The van der Waals surface area contributed by atoms with Gasteiger partial charge in [0.15, 0.2) is 0 Å². The number of ether oxygens (including phenoxy) is 1. The standard InChI is InChI=1S/C16H23N3O3/c1-3-16(21)18(2)12-15(20)17-13-4-6-14(7-5-13)19-8-10-22-11-9-19/h4-7H,3,8-12H2,1-2H3,(H,17,20). The molecular weight excluding hydrogens is 282 g/mol. The van der Waals surface area contributed by atoms with Crippen LogP contribution in [0.5, 0.6) is 0 Å². The van der Waals surface area contributed by atoms with E-state index in [1.165, 1.54) is 4.90 Å². The van der Waals surface area contributed by atoms with Crippen molar-refractivity contribution in [1.29, 1.82) is 0 Å². The Morgan fingerprint density at radius 2 is 1.86 bits per heavy atom. The number of likely N-dealkylation sites (N-methyl/N-ethyl adjacent to an activating group) is 1. The summed E-state index contributed by atoms with van der Waals surface area (Å²) in [6.07, 6.45) is 0.401. The summed E-state index contributed by atoms with van der Waals surface area (Å²) >= 11 is 0. The van der Waals surface area contributed by atoms with E-state index in [1.807, 2.05) is 24.3 Å². The van der Waals surface area contributed by atoms with Gasteiger partial charge in [-0.15, -0.1) is 0 Å². The van der Waals surface area contributed by atoms with Crippen molar-refractivity contribution in [2.45, 2.75) is 13.3 Å². The normalized spacial score (nSPS) is 14.5. The lowest BCUT2D eigenvalue weighted by Gasteiger charge is -2.28. The number of nitrogens with one attached hydrogen (secondary N) is 1. The molecule has 2 amide bonds. The van der Waals surface area contributed by atoms with Gasteiger partial charge in [0.05, 0.1) is 19.8 Å². The Kier molecular flexibility index (Phi) is 5.77. The maximum absolute atomic E-state index is 11.9. The van der Waals surface area contributed by atoms with Crippen molar-refractivity contribution in [2.75, 3.05) is 50.1 Å². The molecule has 1 aliphatic rings. The van der Waals surface area contributed by atoms with Crippen molar-refractivity contribution in [1.82, 2.24) is 4.90 Å². The molecule has 1 aliphatic heterocycles. The molecule has 1 heterocycles. The Balaban J connectivity index is 1.87. The second-order valence-electron chi connectivity index (χ2n) is 5.30. The summed E-state index contributed by atoms with van der Waals surface area (Å²) in [5, 5.41) is 2.81. The van der Waals surface area contributed by atoms with Gasteiger partial charge in [-0.3, -0.25) is 9.59 Å². The van der Waals surface area contributed by atoms with E-state index in [0.717, 1.165) is 37.7 Å². The predicted molar refractivity (Wildman–Crippen MR) is 86.0 cm³/mol. The molecule has 6 nitrogen and oxygen atoms in total. The van der Waals surface area contributed by atoms with Gasteiger partial charge < -0.3 is 19.9 Å². The van der Waals surface area contributed by atoms with Crippen molar-refractivity contribution in [2.24, 2.45) is 0 Å². The van der Waals surface area contributed by atoms with Crippen LogP contribution in [0, 0.1) is 0 Å². The fraction of sp³-hybridized carbons (Fsp3) is 0.500. The Bertz CT molecular complexity index is 510. The second-order valence-corrected chi connectivity index (χ2v) is 5.30. The summed E-state index contributed by atoms with van der Waals surface area (Å²) < 4.78 is 5.33. The van der Waals surface area contributed by atoms with Crippen LogP contribution in [0.3, 0.4) is 0 Å². The molecule has 0 aromatic heterocycles. The summed E-state index contributed by atoms with van der Waals surface area (Å²) in [6.45, 7) is 5.11. The van der Waals surface area contributed by atoms with Crippen molar-refractivity contribution < 1.29 is 14.3 Å². The van der Waals surface area contributed by atoms with Gasteiger partial charge in [0, 0.05) is 37.9 Å². The summed E-state index contributed by atoms with van der Waals surface area (Å²) in [7, 11) is 1.63. The molecule has 2 rings (SSSR count). The van der Waals surface area contributed by atoms with E-state index < -0.39 is 0 Å². The number of carbonyl (C=O) groups excluding carboxylic acids is 2. The molecule has 0 radical (unpaired) electrons. The Hall–Kier alpha value is -2.08. The zero-order valence-electron chi connectivity index (χ0n) is 13.2. The number of rotatable bonds is 5. The molecular formula is C16H23N3O3. The van der Waals surface area contributed by atoms with Gasteiger partial charge in [-0.1, -0.05) is 6.92 Å². The summed E-state index contributed by atoms with van der Waals surface area (Å²) in [4.78, 5) is 27.0. The third-order valence-electron chi connectivity index (χ3n) is 3.64. The van der Waals surface area contributed by atoms with Crippen LogP contribution in [0.25, 0.3) is 0 Å². The third kappa shape index (κ3) is 4.46. The minimum Gasteiger partial charge on any atom is -0.378 e. The van der Waals surface area contributed by atoms with E-state index in [1.54, 1.807) is 14.0 Å². The van der Waals surface area contributed by atoms with E-state index in [0.29, 0.717) is 6.42 Å². The van der Waals surface area contributed by atoms with E-state index in [9.17, 15) is 9.59 Å². The molecule has 0 aliphatic carbocycles. The first-order chi connectivity index (χ1) is 10.6. The van der Waals surface area contributed by atoms with E-state index in [4.69, 9.17) is 4.74 Å². The number of nitrogens with zero attached hydrogens (tertiary/aromatic N) is 2. The van der Waals surface area contributed by atoms with E-state index in [-0.39, 0.29) is 18.4 Å². The molecule has 0 atom stereocenters. The lowest BCUT2D eigenvalue weighted by atomic mass is 10.2. The van der Waals surface area contributed by atoms with Crippen LogP contribution in [0.15, 0.2) is 24.3 Å². The first-order valence-corrected chi connectivity index (χ1v) is 7.56. The second kappa shape index (κ2) is 7.79.